The van der Waals surface area contributed by atoms with Crippen LogP contribution in [0.3, 0.4) is 0 Å². The van der Waals surface area contributed by atoms with Crippen molar-refractivity contribution in [3.8, 4) is 0 Å². The molecule has 7 rings (SSSR count). The van der Waals surface area contributed by atoms with Crippen LogP contribution >= 0.6 is 11.8 Å². The van der Waals surface area contributed by atoms with Crippen LogP contribution in [0.1, 0.15) is 94.8 Å². The van der Waals surface area contributed by atoms with Crippen molar-refractivity contribution in [2.75, 3.05) is 12.3 Å². The van der Waals surface area contributed by atoms with Gasteiger partial charge in [-0.05, 0) is 99.3 Å². The number of hydrogen-bond acceptors (Lipinski definition) is 6. The Bertz CT molecular complexity index is 1040. The summed E-state index contributed by atoms with van der Waals surface area (Å²) in [6.45, 7) is 6.11. The van der Waals surface area contributed by atoms with Crippen molar-refractivity contribution in [3.05, 3.63) is 48.3 Å². The van der Waals surface area contributed by atoms with E-state index in [1.807, 2.05) is 18.8 Å². The van der Waals surface area contributed by atoms with Gasteiger partial charge in [0.15, 0.2) is 0 Å². The van der Waals surface area contributed by atoms with Crippen molar-refractivity contribution in [2.24, 2.45) is 29.6 Å². The molecule has 0 aliphatic carbocycles. The number of furan rings is 2. The molecule has 0 saturated carbocycles. The zero-order valence-corrected chi connectivity index (χ0v) is 24.0. The first kappa shape index (κ1) is 25.7. The Morgan fingerprint density at radius 2 is 1.47 bits per heavy atom. The van der Waals surface area contributed by atoms with Crippen molar-refractivity contribution >= 4 is 11.8 Å². The van der Waals surface area contributed by atoms with Gasteiger partial charge in [-0.3, -0.25) is 9.80 Å². The lowest BCUT2D eigenvalue weighted by Crippen LogP contribution is -2.58. The Morgan fingerprint density at radius 3 is 2.21 bits per heavy atom. The molecule has 11 atom stereocenters. The van der Waals surface area contributed by atoms with Crippen LogP contribution in [0.4, 0.5) is 0 Å². The second-order valence-electron chi connectivity index (χ2n) is 13.4. The number of rotatable bonds is 4. The zero-order chi connectivity index (χ0) is 25.8. The lowest BCUT2D eigenvalue weighted by Gasteiger charge is -2.53. The first-order chi connectivity index (χ1) is 18.6. The maximum Gasteiger partial charge on any atom is 0.112 e. The van der Waals surface area contributed by atoms with Crippen LogP contribution < -0.4 is 0 Å². The average Bonchev–Trinajstić information content (AvgIpc) is 3.73. The molecule has 0 amide bonds. The van der Waals surface area contributed by atoms with E-state index in [4.69, 9.17) is 8.83 Å². The lowest BCUT2D eigenvalue weighted by molar-refractivity contribution is -0.147. The fraction of sp³-hybridized carbons (Fsp3) is 0.750. The van der Waals surface area contributed by atoms with Crippen LogP contribution in [0.2, 0.25) is 0 Å². The van der Waals surface area contributed by atoms with Crippen molar-refractivity contribution in [3.63, 3.8) is 0 Å². The molecule has 1 N–H and O–H groups in total. The maximum absolute atomic E-state index is 11.9. The monoisotopic (exact) mass is 538 g/mol. The van der Waals surface area contributed by atoms with E-state index in [9.17, 15) is 5.11 Å². The molecule has 0 bridgehead atoms. The Labute approximate surface area is 232 Å². The normalized spacial score (nSPS) is 44.6. The fourth-order valence-corrected chi connectivity index (χ4v) is 11.1. The summed E-state index contributed by atoms with van der Waals surface area (Å²) < 4.78 is 11.0. The van der Waals surface area contributed by atoms with Crippen LogP contribution in [0.25, 0.3) is 0 Å². The van der Waals surface area contributed by atoms with Crippen LogP contribution in [0.5, 0.6) is 0 Å². The Kier molecular flexibility index (Phi) is 7.21. The molecule has 0 spiro atoms. The quantitative estimate of drug-likeness (QED) is 0.447. The minimum absolute atomic E-state index is 0.297. The van der Waals surface area contributed by atoms with Crippen molar-refractivity contribution in [1.29, 1.82) is 0 Å². The number of nitrogens with zero attached hydrogens (tertiary/aromatic N) is 2. The van der Waals surface area contributed by atoms with E-state index < -0.39 is 0 Å². The van der Waals surface area contributed by atoms with Gasteiger partial charge in [0, 0.05) is 53.0 Å². The van der Waals surface area contributed by atoms with E-state index in [-0.39, 0.29) is 6.23 Å². The fourth-order valence-electron chi connectivity index (χ4n) is 9.33. The lowest BCUT2D eigenvalue weighted by atomic mass is 9.73. The summed E-state index contributed by atoms with van der Waals surface area (Å²) in [5.74, 6) is 4.67. The number of thioether (sulfide) groups is 1. The topological polar surface area (TPSA) is 53.0 Å². The van der Waals surface area contributed by atoms with Gasteiger partial charge in [-0.25, -0.2) is 0 Å². The predicted molar refractivity (Wildman–Crippen MR) is 152 cm³/mol. The van der Waals surface area contributed by atoms with E-state index in [1.165, 1.54) is 74.8 Å². The highest BCUT2D eigenvalue weighted by Gasteiger charge is 2.50. The molecule has 5 fully saturated rings. The zero-order valence-electron chi connectivity index (χ0n) is 23.2. The van der Waals surface area contributed by atoms with E-state index in [1.54, 1.807) is 6.26 Å². The molecular formula is C32H46N2O3S. The second-order valence-corrected chi connectivity index (χ2v) is 14.7. The van der Waals surface area contributed by atoms with Gasteiger partial charge in [-0.2, -0.15) is 11.8 Å². The van der Waals surface area contributed by atoms with Gasteiger partial charge in [0.05, 0.1) is 25.1 Å². The van der Waals surface area contributed by atoms with Crippen LogP contribution in [-0.2, 0) is 0 Å². The SMILES string of the molecule is CC1CCC(c2ccoc2)N2CC(C3CSC(C4CCC5C(C)CCC(c6ccoc6)N5C4O)C3)CCC12. The first-order valence-corrected chi connectivity index (χ1v) is 16.5. The maximum atomic E-state index is 11.9. The molecule has 2 aromatic rings. The van der Waals surface area contributed by atoms with Crippen LogP contribution in [0, 0.1) is 29.6 Å². The standard InChI is InChI=1S/C32H46N2O3S/c1-20-3-7-29(23-11-13-36-17-23)33-16-22(5-9-27(20)33)25-15-31(38-19-25)26-6-10-28-21(2)4-8-30(34(28)32(26)35)24-12-14-37-18-24/h11-14,17-18,20-22,25-32,35H,3-10,15-16,19H2,1-2H3. The van der Waals surface area contributed by atoms with Gasteiger partial charge in [-0.1, -0.05) is 13.8 Å². The summed E-state index contributed by atoms with van der Waals surface area (Å²) in [5, 5.41) is 12.5. The molecule has 0 radical (unpaired) electrons. The molecule has 38 heavy (non-hydrogen) atoms. The summed E-state index contributed by atoms with van der Waals surface area (Å²) >= 11 is 2.18. The minimum Gasteiger partial charge on any atom is -0.472 e. The summed E-state index contributed by atoms with van der Waals surface area (Å²) in [6, 6.07) is 6.35. The van der Waals surface area contributed by atoms with E-state index in [0.29, 0.717) is 35.2 Å². The molecule has 2 aromatic heterocycles. The van der Waals surface area contributed by atoms with E-state index in [2.05, 4.69) is 47.5 Å². The number of fused-ring (bicyclic) bond motifs is 2. The van der Waals surface area contributed by atoms with E-state index >= 15 is 0 Å². The smallest absolute Gasteiger partial charge is 0.112 e. The Morgan fingerprint density at radius 1 is 0.789 bits per heavy atom. The molecule has 11 unspecified atom stereocenters. The molecule has 6 heteroatoms. The minimum atomic E-state index is -0.336. The molecule has 5 aliphatic heterocycles. The average molecular weight is 539 g/mol. The third kappa shape index (κ3) is 4.52. The Balaban J connectivity index is 1.04. The van der Waals surface area contributed by atoms with Gasteiger partial charge >= 0.3 is 0 Å². The summed E-state index contributed by atoms with van der Waals surface area (Å²) in [7, 11) is 0. The highest BCUT2D eigenvalue weighted by Crippen LogP contribution is 2.52. The second kappa shape index (κ2) is 10.6. The summed E-state index contributed by atoms with van der Waals surface area (Å²) in [4.78, 5) is 5.38. The van der Waals surface area contributed by atoms with E-state index in [0.717, 1.165) is 30.2 Å². The first-order valence-electron chi connectivity index (χ1n) is 15.5. The number of piperidine rings is 4. The third-order valence-corrected chi connectivity index (χ3v) is 13.1. The highest BCUT2D eigenvalue weighted by molar-refractivity contribution is 8.00. The Hall–Kier alpha value is -1.21. The molecule has 5 aliphatic rings. The molecule has 0 aromatic carbocycles. The summed E-state index contributed by atoms with van der Waals surface area (Å²) in [6.07, 6.45) is 18.6. The van der Waals surface area contributed by atoms with Crippen molar-refractivity contribution in [2.45, 2.75) is 107 Å². The third-order valence-electron chi connectivity index (χ3n) is 11.5. The number of hydrogen-bond donors (Lipinski definition) is 1. The van der Waals surface area contributed by atoms with Crippen LogP contribution in [-0.4, -0.2) is 50.8 Å². The van der Waals surface area contributed by atoms with Crippen molar-refractivity contribution in [1.82, 2.24) is 9.80 Å². The number of aliphatic hydroxyl groups excluding tert-OH is 1. The molecule has 5 nitrogen and oxygen atoms in total. The number of aliphatic hydroxyl groups is 1. The van der Waals surface area contributed by atoms with Gasteiger partial charge in [0.1, 0.15) is 6.23 Å². The largest absolute Gasteiger partial charge is 0.472 e. The highest BCUT2D eigenvalue weighted by atomic mass is 32.2. The molecule has 5 saturated heterocycles. The van der Waals surface area contributed by atoms with Gasteiger partial charge in [0.2, 0.25) is 0 Å². The molecular weight excluding hydrogens is 492 g/mol. The summed E-state index contributed by atoms with van der Waals surface area (Å²) in [5.41, 5.74) is 2.63. The van der Waals surface area contributed by atoms with Gasteiger partial charge in [-0.15, -0.1) is 0 Å². The predicted octanol–water partition coefficient (Wildman–Crippen LogP) is 7.12. The van der Waals surface area contributed by atoms with Gasteiger partial charge < -0.3 is 13.9 Å². The van der Waals surface area contributed by atoms with Gasteiger partial charge in [0.25, 0.3) is 0 Å². The van der Waals surface area contributed by atoms with Crippen LogP contribution in [0.15, 0.2) is 46.0 Å². The molecule has 208 valence electrons. The molecule has 7 heterocycles. The van der Waals surface area contributed by atoms with Crippen molar-refractivity contribution < 1.29 is 13.9 Å².